The van der Waals surface area contributed by atoms with Crippen LogP contribution in [-0.4, -0.2) is 31.4 Å². The number of piperidine rings is 1. The van der Waals surface area contributed by atoms with Crippen LogP contribution in [0, 0.1) is 12.7 Å². The molecule has 4 nitrogen and oxygen atoms in total. The topological polar surface area (TPSA) is 63.4 Å². The number of aryl methyl sites for hydroxylation is 1. The molecule has 0 aliphatic carbocycles. The van der Waals surface area contributed by atoms with Crippen LogP contribution in [0.2, 0.25) is 0 Å². The molecule has 1 fully saturated rings. The minimum Gasteiger partial charge on any atom is -0.329 e. The van der Waals surface area contributed by atoms with Gasteiger partial charge in [-0.2, -0.15) is 4.31 Å². The molecule has 0 aromatic heterocycles. The van der Waals surface area contributed by atoms with Crippen LogP contribution >= 0.6 is 0 Å². The minimum absolute atomic E-state index is 0.0460. The Balaban J connectivity index is 2.49. The van der Waals surface area contributed by atoms with Crippen LogP contribution in [0.15, 0.2) is 23.1 Å². The molecule has 0 amide bonds. The van der Waals surface area contributed by atoms with Gasteiger partial charge in [-0.25, -0.2) is 12.8 Å². The van der Waals surface area contributed by atoms with Crippen molar-refractivity contribution >= 4 is 10.0 Å². The van der Waals surface area contributed by atoms with Gasteiger partial charge in [-0.3, -0.25) is 0 Å². The maximum absolute atomic E-state index is 13.4. The van der Waals surface area contributed by atoms with Gasteiger partial charge in [0, 0.05) is 18.6 Å². The fourth-order valence-corrected chi connectivity index (χ4v) is 5.01. The highest BCUT2D eigenvalue weighted by atomic mass is 32.2. The standard InChI is InChI=1S/C14H21FN2O2S/c1-10-6-7-12(15)8-14(10)20(18,19)17-11(2)4-3-5-13(17)9-16/h6-8,11,13H,3-5,9,16H2,1-2H3. The van der Waals surface area contributed by atoms with Crippen LogP contribution in [0.4, 0.5) is 4.39 Å². The molecule has 1 aromatic rings. The van der Waals surface area contributed by atoms with E-state index in [0.29, 0.717) is 5.56 Å². The van der Waals surface area contributed by atoms with Gasteiger partial charge in [-0.05, 0) is 44.4 Å². The van der Waals surface area contributed by atoms with E-state index in [4.69, 9.17) is 5.73 Å². The lowest BCUT2D eigenvalue weighted by Gasteiger charge is -2.39. The number of nitrogens with zero attached hydrogens (tertiary/aromatic N) is 1. The van der Waals surface area contributed by atoms with Crippen molar-refractivity contribution in [3.8, 4) is 0 Å². The second kappa shape index (κ2) is 5.79. The van der Waals surface area contributed by atoms with E-state index in [1.165, 1.54) is 16.4 Å². The second-order valence-corrected chi connectivity index (χ2v) is 7.23. The van der Waals surface area contributed by atoms with Crippen molar-refractivity contribution in [2.45, 2.75) is 50.1 Å². The third-order valence-corrected chi connectivity index (χ3v) is 6.14. The smallest absolute Gasteiger partial charge is 0.243 e. The van der Waals surface area contributed by atoms with Gasteiger partial charge in [-0.15, -0.1) is 0 Å². The molecular weight excluding hydrogens is 279 g/mol. The average Bonchev–Trinajstić information content (AvgIpc) is 2.40. The maximum Gasteiger partial charge on any atom is 0.243 e. The highest BCUT2D eigenvalue weighted by molar-refractivity contribution is 7.89. The Morgan fingerprint density at radius 2 is 2.10 bits per heavy atom. The Morgan fingerprint density at radius 3 is 2.75 bits per heavy atom. The molecule has 1 aliphatic rings. The van der Waals surface area contributed by atoms with Crippen LogP contribution in [-0.2, 0) is 10.0 Å². The molecule has 112 valence electrons. The van der Waals surface area contributed by atoms with E-state index in [9.17, 15) is 12.8 Å². The van der Waals surface area contributed by atoms with Gasteiger partial charge < -0.3 is 5.73 Å². The van der Waals surface area contributed by atoms with Crippen LogP contribution in [0.1, 0.15) is 31.7 Å². The molecule has 1 heterocycles. The molecule has 6 heteroatoms. The molecule has 2 rings (SSSR count). The summed E-state index contributed by atoms with van der Waals surface area (Å²) in [5.41, 5.74) is 6.27. The SMILES string of the molecule is Cc1ccc(F)cc1S(=O)(=O)N1C(C)CCCC1CN. The Bertz CT molecular complexity index is 589. The molecule has 2 unspecified atom stereocenters. The van der Waals surface area contributed by atoms with E-state index >= 15 is 0 Å². The molecule has 2 atom stereocenters. The predicted octanol–water partition coefficient (Wildman–Crippen LogP) is 2.02. The number of benzene rings is 1. The van der Waals surface area contributed by atoms with Crippen molar-refractivity contribution in [2.24, 2.45) is 5.73 Å². The highest BCUT2D eigenvalue weighted by Gasteiger charge is 2.37. The van der Waals surface area contributed by atoms with Crippen LogP contribution in [0.3, 0.4) is 0 Å². The number of hydrogen-bond donors (Lipinski definition) is 1. The van der Waals surface area contributed by atoms with Crippen molar-refractivity contribution in [2.75, 3.05) is 6.54 Å². The van der Waals surface area contributed by atoms with Gasteiger partial charge in [0.2, 0.25) is 10.0 Å². The summed E-state index contributed by atoms with van der Waals surface area (Å²) >= 11 is 0. The third-order valence-electron chi connectivity index (χ3n) is 3.93. The Kier molecular flexibility index (Phi) is 4.46. The quantitative estimate of drug-likeness (QED) is 0.929. The molecule has 1 aromatic carbocycles. The van der Waals surface area contributed by atoms with E-state index < -0.39 is 15.8 Å². The van der Waals surface area contributed by atoms with Gasteiger partial charge in [0.15, 0.2) is 0 Å². The van der Waals surface area contributed by atoms with Crippen molar-refractivity contribution in [1.29, 1.82) is 0 Å². The van der Waals surface area contributed by atoms with Crippen molar-refractivity contribution in [3.05, 3.63) is 29.6 Å². The maximum atomic E-state index is 13.4. The molecule has 20 heavy (non-hydrogen) atoms. The van der Waals surface area contributed by atoms with Gasteiger partial charge in [0.05, 0.1) is 4.90 Å². The lowest BCUT2D eigenvalue weighted by molar-refractivity contribution is 0.196. The number of halogens is 1. The van der Waals surface area contributed by atoms with E-state index in [0.717, 1.165) is 25.3 Å². The van der Waals surface area contributed by atoms with E-state index in [1.54, 1.807) is 6.92 Å². The lowest BCUT2D eigenvalue weighted by Crippen LogP contribution is -2.51. The Morgan fingerprint density at radius 1 is 1.40 bits per heavy atom. The lowest BCUT2D eigenvalue weighted by atomic mass is 10.00. The molecular formula is C14H21FN2O2S. The first-order chi connectivity index (χ1) is 9.37. The van der Waals surface area contributed by atoms with Crippen molar-refractivity contribution in [1.82, 2.24) is 4.31 Å². The average molecular weight is 300 g/mol. The summed E-state index contributed by atoms with van der Waals surface area (Å²) in [5, 5.41) is 0. The number of nitrogens with two attached hydrogens (primary N) is 1. The summed E-state index contributed by atoms with van der Waals surface area (Å²) in [5.74, 6) is -0.539. The van der Waals surface area contributed by atoms with Crippen LogP contribution in [0.25, 0.3) is 0 Å². The first-order valence-corrected chi connectivity index (χ1v) is 8.31. The van der Waals surface area contributed by atoms with Crippen LogP contribution < -0.4 is 5.73 Å². The first kappa shape index (κ1) is 15.4. The molecule has 0 saturated carbocycles. The van der Waals surface area contributed by atoms with Gasteiger partial charge in [0.25, 0.3) is 0 Å². The molecule has 1 aliphatic heterocycles. The molecule has 0 bridgehead atoms. The first-order valence-electron chi connectivity index (χ1n) is 6.87. The van der Waals surface area contributed by atoms with Gasteiger partial charge in [-0.1, -0.05) is 12.5 Å². The fraction of sp³-hybridized carbons (Fsp3) is 0.571. The third kappa shape index (κ3) is 2.73. The summed E-state index contributed by atoms with van der Waals surface area (Å²) in [6, 6.07) is 3.55. The van der Waals surface area contributed by atoms with Crippen LogP contribution in [0.5, 0.6) is 0 Å². The molecule has 0 spiro atoms. The van der Waals surface area contributed by atoms with E-state index in [1.807, 2.05) is 6.92 Å². The number of hydrogen-bond acceptors (Lipinski definition) is 3. The largest absolute Gasteiger partial charge is 0.329 e. The van der Waals surface area contributed by atoms with E-state index in [-0.39, 0.29) is 23.5 Å². The minimum atomic E-state index is -3.71. The van der Waals surface area contributed by atoms with E-state index in [2.05, 4.69) is 0 Å². The summed E-state index contributed by atoms with van der Waals surface area (Å²) < 4.78 is 40.6. The number of rotatable bonds is 3. The van der Waals surface area contributed by atoms with Crippen molar-refractivity contribution in [3.63, 3.8) is 0 Å². The number of sulfonamides is 1. The monoisotopic (exact) mass is 300 g/mol. The Hall–Kier alpha value is -0.980. The van der Waals surface area contributed by atoms with Crippen molar-refractivity contribution < 1.29 is 12.8 Å². The molecule has 1 saturated heterocycles. The molecule has 0 radical (unpaired) electrons. The summed E-state index contributed by atoms with van der Waals surface area (Å²) in [6.07, 6.45) is 2.54. The highest BCUT2D eigenvalue weighted by Crippen LogP contribution is 2.30. The summed E-state index contributed by atoms with van der Waals surface area (Å²) in [7, 11) is -3.71. The predicted molar refractivity (Wildman–Crippen MR) is 76.3 cm³/mol. The summed E-state index contributed by atoms with van der Waals surface area (Å²) in [6.45, 7) is 3.85. The zero-order valence-corrected chi connectivity index (χ0v) is 12.7. The zero-order valence-electron chi connectivity index (χ0n) is 11.8. The Labute approximate surface area is 119 Å². The molecule has 2 N–H and O–H groups in total. The zero-order chi connectivity index (χ0) is 14.9. The van der Waals surface area contributed by atoms with Gasteiger partial charge in [0.1, 0.15) is 5.82 Å². The fourth-order valence-electron chi connectivity index (χ4n) is 2.88. The normalized spacial score (nSPS) is 24.8. The summed E-state index contributed by atoms with van der Waals surface area (Å²) in [4.78, 5) is 0.0460. The van der Waals surface area contributed by atoms with Gasteiger partial charge >= 0.3 is 0 Å². The second-order valence-electron chi connectivity index (χ2n) is 5.41.